The third kappa shape index (κ3) is 15.8. The van der Waals surface area contributed by atoms with Crippen LogP contribution in [0.1, 0.15) is 78.2 Å². The number of amides is 5. The van der Waals surface area contributed by atoms with Crippen molar-refractivity contribution in [2.75, 3.05) is 35.7 Å². The van der Waals surface area contributed by atoms with Gasteiger partial charge in [0.05, 0.1) is 11.8 Å². The molecular weight excluding hydrogens is 645 g/mol. The first-order valence-electron chi connectivity index (χ1n) is 16.0. The zero-order chi connectivity index (χ0) is 34.8. The van der Waals surface area contributed by atoms with Gasteiger partial charge in [-0.3, -0.25) is 38.5 Å². The zero-order valence-corrected chi connectivity index (χ0v) is 29.4. The fourth-order valence-corrected chi connectivity index (χ4v) is 6.88. The van der Waals surface area contributed by atoms with Gasteiger partial charge in [-0.25, -0.2) is 0 Å². The van der Waals surface area contributed by atoms with Gasteiger partial charge >= 0.3 is 5.97 Å². The Kier molecular flexibility index (Phi) is 18.2. The Morgan fingerprint density at radius 1 is 0.915 bits per heavy atom. The molecule has 2 rings (SSSR count). The highest BCUT2D eigenvalue weighted by Gasteiger charge is 2.38. The Hall–Kier alpha value is -3.39. The quantitative estimate of drug-likeness (QED) is 0.0930. The SMILES string of the molecule is CC(=O)CCSCCCSC1CC(=O)N(CCCCCC(=O)NC(C(=O)NCC(=O)Nc2ccc(COC(C)=O)cc2)C(C)C)C1=O. The van der Waals surface area contributed by atoms with Crippen molar-refractivity contribution in [2.45, 2.75) is 90.5 Å². The number of likely N-dealkylation sites (tertiary alicyclic amines) is 1. The molecule has 47 heavy (non-hydrogen) atoms. The molecule has 3 N–H and O–H groups in total. The Balaban J connectivity index is 1.64. The number of hydrogen-bond donors (Lipinski definition) is 3. The number of carbonyl (C=O) groups is 7. The summed E-state index contributed by atoms with van der Waals surface area (Å²) in [6.07, 6.45) is 3.67. The Labute approximate surface area is 285 Å². The fraction of sp³-hybridized carbons (Fsp3) is 0.606. The van der Waals surface area contributed by atoms with Crippen molar-refractivity contribution >= 4 is 70.5 Å². The lowest BCUT2D eigenvalue weighted by atomic mass is 10.0. The van der Waals surface area contributed by atoms with Gasteiger partial charge in [-0.1, -0.05) is 32.4 Å². The number of esters is 1. The van der Waals surface area contributed by atoms with Crippen LogP contribution in [0.25, 0.3) is 0 Å². The van der Waals surface area contributed by atoms with Gasteiger partial charge < -0.3 is 20.7 Å². The minimum absolute atomic E-state index is 0.134. The summed E-state index contributed by atoms with van der Waals surface area (Å²) in [5.41, 5.74) is 1.29. The average molecular weight is 693 g/mol. The van der Waals surface area contributed by atoms with E-state index in [0.717, 1.165) is 29.2 Å². The molecule has 0 saturated carbocycles. The van der Waals surface area contributed by atoms with E-state index in [-0.39, 0.29) is 66.6 Å². The molecule has 0 radical (unpaired) electrons. The first-order valence-corrected chi connectivity index (χ1v) is 18.2. The molecule has 1 fully saturated rings. The standard InChI is InChI=1S/C33H48N4O8S2/c1-22(2)31(32(43)34-20-29(41)35-26-12-10-25(11-13-26)21-45-24(4)39)36-28(40)9-6-5-7-15-37-30(42)19-27(33(37)44)47-17-8-16-46-18-14-23(3)38/h10-13,22,27,31H,5-9,14-21H2,1-4H3,(H,34,43)(H,35,41)(H,36,40). The maximum atomic E-state index is 12.8. The maximum absolute atomic E-state index is 12.8. The average Bonchev–Trinajstić information content (AvgIpc) is 3.28. The Morgan fingerprint density at radius 3 is 2.30 bits per heavy atom. The van der Waals surface area contributed by atoms with Crippen molar-refractivity contribution in [3.8, 4) is 0 Å². The normalized spacial score (nSPS) is 15.0. The van der Waals surface area contributed by atoms with Gasteiger partial charge in [0.25, 0.3) is 0 Å². The van der Waals surface area contributed by atoms with Crippen LogP contribution in [0.3, 0.4) is 0 Å². The molecule has 0 aliphatic carbocycles. The van der Waals surface area contributed by atoms with E-state index in [9.17, 15) is 33.6 Å². The molecule has 0 spiro atoms. The van der Waals surface area contributed by atoms with Crippen LogP contribution < -0.4 is 16.0 Å². The number of unbranched alkanes of at least 4 members (excludes halogenated alkanes) is 2. The van der Waals surface area contributed by atoms with Crippen molar-refractivity contribution in [1.29, 1.82) is 0 Å². The first-order chi connectivity index (χ1) is 22.4. The van der Waals surface area contributed by atoms with Gasteiger partial charge in [-0.05, 0) is 61.3 Å². The van der Waals surface area contributed by atoms with Crippen LogP contribution in [0.15, 0.2) is 24.3 Å². The number of benzene rings is 1. The number of thioether (sulfide) groups is 2. The summed E-state index contributed by atoms with van der Waals surface area (Å²) < 4.78 is 4.93. The summed E-state index contributed by atoms with van der Waals surface area (Å²) >= 11 is 3.24. The second-order valence-corrected chi connectivity index (χ2v) is 14.2. The largest absolute Gasteiger partial charge is 0.461 e. The molecule has 1 aromatic rings. The van der Waals surface area contributed by atoms with E-state index >= 15 is 0 Å². The summed E-state index contributed by atoms with van der Waals surface area (Å²) in [5, 5.41) is 7.67. The number of nitrogens with zero attached hydrogens (tertiary/aromatic N) is 1. The molecule has 5 amide bonds. The van der Waals surface area contributed by atoms with Crippen LogP contribution in [0, 0.1) is 5.92 Å². The third-order valence-electron chi connectivity index (χ3n) is 7.21. The predicted molar refractivity (Wildman–Crippen MR) is 184 cm³/mol. The molecule has 12 nitrogen and oxygen atoms in total. The molecule has 1 aromatic carbocycles. The van der Waals surface area contributed by atoms with Crippen LogP contribution in [0.4, 0.5) is 5.69 Å². The molecule has 2 atom stereocenters. The highest BCUT2D eigenvalue weighted by Crippen LogP contribution is 2.26. The summed E-state index contributed by atoms with van der Waals surface area (Å²) in [5.74, 6) is 0.617. The monoisotopic (exact) mass is 692 g/mol. The second-order valence-electron chi connectivity index (χ2n) is 11.7. The maximum Gasteiger partial charge on any atom is 0.302 e. The second kappa shape index (κ2) is 21.5. The van der Waals surface area contributed by atoms with Gasteiger partial charge in [-0.2, -0.15) is 11.8 Å². The van der Waals surface area contributed by atoms with Crippen LogP contribution in [0.2, 0.25) is 0 Å². The molecule has 1 aliphatic heterocycles. The highest BCUT2D eigenvalue weighted by molar-refractivity contribution is 8.01. The molecule has 14 heteroatoms. The van der Waals surface area contributed by atoms with Crippen molar-refractivity contribution in [2.24, 2.45) is 5.92 Å². The van der Waals surface area contributed by atoms with Gasteiger partial charge in [-0.15, -0.1) is 11.8 Å². The molecule has 0 bridgehead atoms. The van der Waals surface area contributed by atoms with Crippen molar-refractivity contribution in [3.63, 3.8) is 0 Å². The fourth-order valence-electron chi connectivity index (χ4n) is 4.59. The van der Waals surface area contributed by atoms with E-state index in [4.69, 9.17) is 4.74 Å². The van der Waals surface area contributed by atoms with E-state index in [1.54, 1.807) is 56.8 Å². The number of imide groups is 1. The molecule has 2 unspecified atom stereocenters. The molecule has 1 heterocycles. The van der Waals surface area contributed by atoms with Crippen LogP contribution in [-0.2, 0) is 44.9 Å². The summed E-state index contributed by atoms with van der Waals surface area (Å²) in [6.45, 7) is 6.69. The predicted octanol–water partition coefficient (Wildman–Crippen LogP) is 3.47. The van der Waals surface area contributed by atoms with Crippen molar-refractivity contribution in [1.82, 2.24) is 15.5 Å². The Morgan fingerprint density at radius 2 is 1.64 bits per heavy atom. The number of carbonyl (C=O) groups excluding carboxylic acids is 7. The number of anilines is 1. The van der Waals surface area contributed by atoms with Crippen molar-refractivity contribution < 1.29 is 38.3 Å². The van der Waals surface area contributed by atoms with Gasteiger partial charge in [0.15, 0.2) is 0 Å². The smallest absolute Gasteiger partial charge is 0.302 e. The van der Waals surface area contributed by atoms with Crippen LogP contribution in [-0.4, -0.2) is 87.8 Å². The number of rotatable bonds is 22. The lowest BCUT2D eigenvalue weighted by Crippen LogP contribution is -2.51. The van der Waals surface area contributed by atoms with Crippen LogP contribution in [0.5, 0.6) is 0 Å². The minimum Gasteiger partial charge on any atom is -0.461 e. The van der Waals surface area contributed by atoms with E-state index in [1.807, 2.05) is 0 Å². The molecule has 0 aromatic heterocycles. The molecule has 1 aliphatic rings. The number of ether oxygens (including phenoxy) is 1. The van der Waals surface area contributed by atoms with Crippen molar-refractivity contribution in [3.05, 3.63) is 29.8 Å². The van der Waals surface area contributed by atoms with Crippen LogP contribution >= 0.6 is 23.5 Å². The number of nitrogens with one attached hydrogen (secondary N) is 3. The molecule has 1 saturated heterocycles. The summed E-state index contributed by atoms with van der Waals surface area (Å²) in [4.78, 5) is 86.1. The van der Waals surface area contributed by atoms with Gasteiger partial charge in [0.1, 0.15) is 18.4 Å². The molecule has 260 valence electrons. The van der Waals surface area contributed by atoms with Gasteiger partial charge in [0.2, 0.25) is 29.5 Å². The van der Waals surface area contributed by atoms with E-state index < -0.39 is 17.9 Å². The summed E-state index contributed by atoms with van der Waals surface area (Å²) in [7, 11) is 0. The number of hydrogen-bond acceptors (Lipinski definition) is 10. The summed E-state index contributed by atoms with van der Waals surface area (Å²) in [6, 6.07) is 5.94. The first kappa shape index (κ1) is 39.8. The Bertz CT molecular complexity index is 1240. The third-order valence-corrected chi connectivity index (χ3v) is 9.57. The van der Waals surface area contributed by atoms with E-state index in [2.05, 4.69) is 16.0 Å². The lowest BCUT2D eigenvalue weighted by Gasteiger charge is -2.21. The highest BCUT2D eigenvalue weighted by atomic mass is 32.2. The topological polar surface area (TPSA) is 168 Å². The van der Waals surface area contributed by atoms with Gasteiger partial charge in [0, 0.05) is 44.2 Å². The number of Topliss-reactive ketones (excluding diaryl/α,β-unsaturated/α-hetero) is 1. The minimum atomic E-state index is -0.815. The lowest BCUT2D eigenvalue weighted by molar-refractivity contribution is -0.142. The molecular formula is C33H48N4O8S2. The zero-order valence-electron chi connectivity index (χ0n) is 27.8. The number of ketones is 1. The van der Waals surface area contributed by atoms with E-state index in [1.165, 1.54) is 23.6 Å². The van der Waals surface area contributed by atoms with E-state index in [0.29, 0.717) is 37.9 Å².